The van der Waals surface area contributed by atoms with E-state index in [1.165, 1.54) is 11.9 Å². The first-order chi connectivity index (χ1) is 22.8. The average Bonchev–Trinajstić information content (AvgIpc) is 3.08. The van der Waals surface area contributed by atoms with E-state index in [-0.39, 0.29) is 25.7 Å². The maximum Gasteiger partial charge on any atom is 0.304 e. The summed E-state index contributed by atoms with van der Waals surface area (Å²) < 4.78 is 27.1. The van der Waals surface area contributed by atoms with Gasteiger partial charge in [-0.1, -0.05) is 35.9 Å². The Morgan fingerprint density at radius 2 is 1.83 bits per heavy atom. The molecule has 47 heavy (non-hydrogen) atoms. The number of aromatic nitrogens is 1. The summed E-state index contributed by atoms with van der Waals surface area (Å²) in [6.07, 6.45) is 3.45. The van der Waals surface area contributed by atoms with Crippen LogP contribution in [0, 0.1) is 6.92 Å². The number of carbonyl (C=O) groups is 1. The minimum absolute atomic E-state index is 0.00752. The number of aliphatic carboxylic acids is 1. The van der Waals surface area contributed by atoms with Crippen LogP contribution in [0.25, 0.3) is 11.1 Å². The Morgan fingerprint density at radius 1 is 1.02 bits per heavy atom. The Morgan fingerprint density at radius 3 is 2.64 bits per heavy atom. The molecule has 12 heteroatoms. The Bertz CT molecular complexity index is 1690. The van der Waals surface area contributed by atoms with Gasteiger partial charge in [0, 0.05) is 53.6 Å². The summed E-state index contributed by atoms with van der Waals surface area (Å²) in [4.78, 5) is 15.9. The molecule has 1 aliphatic rings. The molecule has 0 saturated heterocycles. The molecule has 248 valence electrons. The van der Waals surface area contributed by atoms with Gasteiger partial charge in [-0.3, -0.25) is 14.5 Å². The van der Waals surface area contributed by atoms with Crippen molar-refractivity contribution in [1.29, 1.82) is 0 Å². The van der Waals surface area contributed by atoms with Gasteiger partial charge < -0.3 is 34.5 Å². The van der Waals surface area contributed by atoms with Gasteiger partial charge in [0.15, 0.2) is 11.5 Å². The number of hydrogen-bond acceptors (Lipinski definition) is 10. The van der Waals surface area contributed by atoms with E-state index < -0.39 is 5.97 Å². The van der Waals surface area contributed by atoms with Crippen LogP contribution in [0.1, 0.15) is 35.6 Å². The molecule has 1 aromatic heterocycles. The van der Waals surface area contributed by atoms with Gasteiger partial charge in [-0.2, -0.15) is 0 Å². The monoisotopic (exact) mass is 679 g/mol. The van der Waals surface area contributed by atoms with Crippen LogP contribution < -0.4 is 29.0 Å². The highest BCUT2D eigenvalue weighted by atomic mass is 35.5. The van der Waals surface area contributed by atoms with Gasteiger partial charge in [-0.15, -0.1) is 0 Å². The van der Waals surface area contributed by atoms with Crippen molar-refractivity contribution >= 4 is 29.5 Å². The molecular formula is C35H38ClN3O7S. The van der Waals surface area contributed by atoms with Crippen LogP contribution in [0.4, 0.5) is 0 Å². The SMILES string of the molecule is Cc1c(COc2cc(OCc3cncc(SNCCC(=O)O)c3)c(CNC(C)CO)cc2Cl)cccc1-c1ccc2c(c1)OCCO2. The van der Waals surface area contributed by atoms with Crippen molar-refractivity contribution in [1.82, 2.24) is 15.0 Å². The lowest BCUT2D eigenvalue weighted by Crippen LogP contribution is -2.28. The van der Waals surface area contributed by atoms with E-state index in [1.54, 1.807) is 18.5 Å². The maximum absolute atomic E-state index is 10.8. The van der Waals surface area contributed by atoms with Crippen LogP contribution >= 0.6 is 23.5 Å². The third kappa shape index (κ3) is 9.52. The van der Waals surface area contributed by atoms with Gasteiger partial charge in [0.25, 0.3) is 0 Å². The lowest BCUT2D eigenvalue weighted by atomic mass is 9.96. The third-order valence-corrected chi connectivity index (χ3v) is 8.61. The van der Waals surface area contributed by atoms with Crippen molar-refractivity contribution in [3.8, 4) is 34.1 Å². The first kappa shape index (κ1) is 34.3. The number of fused-ring (bicyclic) bond motifs is 1. The van der Waals surface area contributed by atoms with E-state index >= 15 is 0 Å². The van der Waals surface area contributed by atoms with Crippen molar-refractivity contribution in [2.24, 2.45) is 0 Å². The molecule has 0 amide bonds. The van der Waals surface area contributed by atoms with Gasteiger partial charge in [0.05, 0.1) is 18.1 Å². The van der Waals surface area contributed by atoms with Gasteiger partial charge in [0.2, 0.25) is 0 Å². The molecule has 0 aliphatic carbocycles. The number of aliphatic hydroxyl groups excluding tert-OH is 1. The minimum Gasteiger partial charge on any atom is -0.488 e. The normalized spacial score (nSPS) is 12.9. The molecule has 0 spiro atoms. The van der Waals surface area contributed by atoms with Crippen molar-refractivity contribution in [3.63, 3.8) is 0 Å². The molecule has 4 aromatic rings. The second kappa shape index (κ2) is 16.7. The second-order valence-electron chi connectivity index (χ2n) is 11.0. The lowest BCUT2D eigenvalue weighted by Gasteiger charge is -2.20. The quantitative estimate of drug-likeness (QED) is 0.0800. The van der Waals surface area contributed by atoms with E-state index in [0.29, 0.717) is 49.4 Å². The van der Waals surface area contributed by atoms with Gasteiger partial charge in [0.1, 0.15) is 37.9 Å². The second-order valence-corrected chi connectivity index (χ2v) is 12.4. The predicted molar refractivity (Wildman–Crippen MR) is 181 cm³/mol. The molecule has 5 rings (SSSR count). The number of carboxylic acid groups (broad SMARTS) is 1. The zero-order valence-electron chi connectivity index (χ0n) is 26.3. The molecule has 0 radical (unpaired) electrons. The van der Waals surface area contributed by atoms with E-state index in [4.69, 9.17) is 35.7 Å². The zero-order chi connectivity index (χ0) is 33.2. The smallest absolute Gasteiger partial charge is 0.304 e. The summed E-state index contributed by atoms with van der Waals surface area (Å²) in [6, 6.07) is 17.5. The largest absolute Gasteiger partial charge is 0.488 e. The summed E-state index contributed by atoms with van der Waals surface area (Å²) in [6.45, 7) is 6.31. The lowest BCUT2D eigenvalue weighted by molar-refractivity contribution is -0.136. The number of rotatable bonds is 16. The van der Waals surface area contributed by atoms with Gasteiger partial charge in [-0.05, 0) is 72.3 Å². The Balaban J connectivity index is 1.31. The Labute approximate surface area is 283 Å². The summed E-state index contributed by atoms with van der Waals surface area (Å²) in [7, 11) is 0. The van der Waals surface area contributed by atoms with E-state index in [2.05, 4.69) is 28.0 Å². The fourth-order valence-electron chi connectivity index (χ4n) is 4.88. The van der Waals surface area contributed by atoms with Crippen molar-refractivity contribution < 1.29 is 34.0 Å². The topological polar surface area (TPSA) is 131 Å². The fraction of sp³-hybridized carbons (Fsp3) is 0.314. The highest BCUT2D eigenvalue weighted by Crippen LogP contribution is 2.37. The standard InChI is InChI=1S/C35H38ClN3O7S/c1-22(19-40)38-17-27-13-30(36)33(15-32(27)45-20-24-12-28(18-37-16-24)47-39-9-8-35(41)42)46-21-26-4-3-5-29(23(26)2)25-6-7-31-34(14-25)44-11-10-43-31/h3-7,12-16,18,22,38-40H,8-11,17,19-21H2,1-2H3,(H,41,42). The first-order valence-corrected chi connectivity index (χ1v) is 16.5. The molecule has 4 N–H and O–H groups in total. The highest BCUT2D eigenvalue weighted by Gasteiger charge is 2.16. The maximum atomic E-state index is 10.8. The summed E-state index contributed by atoms with van der Waals surface area (Å²) >= 11 is 8.05. The molecular weight excluding hydrogens is 642 g/mol. The third-order valence-electron chi connectivity index (χ3n) is 7.51. The van der Waals surface area contributed by atoms with E-state index in [0.717, 1.165) is 49.8 Å². The number of pyridine rings is 1. The van der Waals surface area contributed by atoms with Crippen molar-refractivity contribution in [2.75, 3.05) is 26.4 Å². The van der Waals surface area contributed by atoms with E-state index in [9.17, 15) is 9.90 Å². The molecule has 0 bridgehead atoms. The minimum atomic E-state index is -0.858. The molecule has 10 nitrogen and oxygen atoms in total. The number of nitrogens with zero attached hydrogens (tertiary/aromatic N) is 1. The van der Waals surface area contributed by atoms with Gasteiger partial charge >= 0.3 is 5.97 Å². The van der Waals surface area contributed by atoms with Gasteiger partial charge in [-0.25, -0.2) is 0 Å². The number of nitrogens with one attached hydrogen (secondary N) is 2. The number of benzene rings is 3. The number of aliphatic hydroxyl groups is 1. The zero-order valence-corrected chi connectivity index (χ0v) is 27.8. The molecule has 1 unspecified atom stereocenters. The average molecular weight is 680 g/mol. The van der Waals surface area contributed by atoms with Crippen LogP contribution in [0.2, 0.25) is 5.02 Å². The number of carboxylic acids is 1. The van der Waals surface area contributed by atoms with Crippen LogP contribution in [0.5, 0.6) is 23.0 Å². The van der Waals surface area contributed by atoms with Crippen molar-refractivity contribution in [3.05, 3.63) is 94.3 Å². The number of halogens is 1. The molecule has 0 saturated carbocycles. The summed E-state index contributed by atoms with van der Waals surface area (Å²) in [5.41, 5.74) is 5.84. The first-order valence-electron chi connectivity index (χ1n) is 15.3. The predicted octanol–water partition coefficient (Wildman–Crippen LogP) is 6.18. The number of ether oxygens (including phenoxy) is 4. The van der Waals surface area contributed by atoms with Crippen molar-refractivity contribution in [2.45, 2.75) is 51.0 Å². The van der Waals surface area contributed by atoms with Crippen LogP contribution in [-0.2, 0) is 24.6 Å². The molecule has 1 aliphatic heterocycles. The molecule has 1 atom stereocenters. The molecule has 0 fully saturated rings. The summed E-state index contributed by atoms with van der Waals surface area (Å²) in [5, 5.41) is 22.1. The summed E-state index contributed by atoms with van der Waals surface area (Å²) in [5.74, 6) is 1.70. The Hall–Kier alpha value is -4.00. The number of hydrogen-bond donors (Lipinski definition) is 4. The highest BCUT2D eigenvalue weighted by molar-refractivity contribution is 7.97. The molecule has 2 heterocycles. The van der Waals surface area contributed by atoms with Crippen LogP contribution in [0.15, 0.2) is 71.9 Å². The fourth-order valence-corrected chi connectivity index (χ4v) is 5.81. The van der Waals surface area contributed by atoms with Crippen LogP contribution in [-0.4, -0.2) is 53.6 Å². The molecule has 3 aromatic carbocycles. The van der Waals surface area contributed by atoms with Crippen LogP contribution in [0.3, 0.4) is 0 Å². The Kier molecular flexibility index (Phi) is 12.2. The van der Waals surface area contributed by atoms with E-state index in [1.807, 2.05) is 49.4 Å².